The van der Waals surface area contributed by atoms with E-state index >= 15 is 0 Å². The molecule has 0 N–H and O–H groups in total. The van der Waals surface area contributed by atoms with Gasteiger partial charge in [-0.25, -0.2) is 24.4 Å². The number of pyridine rings is 2. The van der Waals surface area contributed by atoms with Crippen LogP contribution in [0.25, 0.3) is 23.2 Å². The molecule has 0 saturated heterocycles. The normalized spacial score (nSPS) is 12.8. The number of hydrogen-bond donors (Lipinski definition) is 0. The maximum absolute atomic E-state index is 13.6. The predicted molar refractivity (Wildman–Crippen MR) is 103 cm³/mol. The summed E-state index contributed by atoms with van der Waals surface area (Å²) in [5.41, 5.74) is -4.34. The van der Waals surface area contributed by atoms with Crippen molar-refractivity contribution in [3.8, 4) is 11.4 Å². The van der Waals surface area contributed by atoms with Crippen LogP contribution in [-0.4, -0.2) is 36.8 Å². The molecule has 0 amide bonds. The van der Waals surface area contributed by atoms with Crippen LogP contribution in [-0.2, 0) is 21.9 Å². The van der Waals surface area contributed by atoms with E-state index in [1.807, 2.05) is 0 Å². The van der Waals surface area contributed by atoms with Crippen LogP contribution in [0, 0.1) is 5.95 Å². The molecule has 0 aliphatic heterocycles. The van der Waals surface area contributed by atoms with Gasteiger partial charge in [-0.05, 0) is 37.6 Å². The third kappa shape index (κ3) is 5.94. The van der Waals surface area contributed by atoms with E-state index in [4.69, 9.17) is 4.74 Å². The molecule has 3 heterocycles. The zero-order chi connectivity index (χ0) is 25.3. The number of alkyl halides is 6. The number of halogens is 7. The Labute approximate surface area is 186 Å². The van der Waals surface area contributed by atoms with Crippen LogP contribution in [0.5, 0.6) is 0 Å². The summed E-state index contributed by atoms with van der Waals surface area (Å²) in [6.45, 7) is 3.13. The number of rotatable bonds is 5. The van der Waals surface area contributed by atoms with Gasteiger partial charge < -0.3 is 4.74 Å². The van der Waals surface area contributed by atoms with Gasteiger partial charge in [-0.2, -0.15) is 30.7 Å². The summed E-state index contributed by atoms with van der Waals surface area (Å²) in [6.07, 6.45) is -7.80. The molecule has 0 aliphatic carbocycles. The van der Waals surface area contributed by atoms with Crippen LogP contribution in [0.1, 0.15) is 30.8 Å². The summed E-state index contributed by atoms with van der Waals surface area (Å²) in [4.78, 5) is 22.2. The molecule has 14 heteroatoms. The van der Waals surface area contributed by atoms with E-state index in [0.717, 1.165) is 29.5 Å². The van der Waals surface area contributed by atoms with Crippen molar-refractivity contribution in [2.24, 2.45) is 0 Å². The monoisotopic (exact) mass is 489 g/mol. The fraction of sp³-hybridized carbons (Fsp3) is 0.250. The lowest BCUT2D eigenvalue weighted by Crippen LogP contribution is -2.15. The molecule has 0 aliphatic rings. The lowest BCUT2D eigenvalue weighted by molar-refractivity contribution is -0.150. The SMILES string of the molecule is CC(C)OC(=O)/C(=C/n1cnc(-c2cc(C(F)(F)F)nc(C(F)(F)F)c2)n1)c1ccnc(F)c1. The average Bonchev–Trinajstić information content (AvgIpc) is 3.18. The maximum Gasteiger partial charge on any atom is 0.433 e. The van der Waals surface area contributed by atoms with E-state index < -0.39 is 53.1 Å². The lowest BCUT2D eigenvalue weighted by atomic mass is 10.1. The van der Waals surface area contributed by atoms with Crippen LogP contribution in [0.4, 0.5) is 30.7 Å². The first-order chi connectivity index (χ1) is 15.7. The lowest BCUT2D eigenvalue weighted by Gasteiger charge is -2.12. The topological polar surface area (TPSA) is 82.8 Å². The second-order valence-electron chi connectivity index (χ2n) is 7.03. The Balaban J connectivity index is 2.08. The standard InChI is InChI=1S/C20H14F7N5O2/c1-10(2)34-18(33)13(11-3-4-28-16(21)7-11)8-32-9-29-17(31-32)12-5-14(19(22,23)24)30-15(6-12)20(25,26)27/h3-10H,1-2H3/b13-8+. The van der Waals surface area contributed by atoms with E-state index in [9.17, 15) is 35.5 Å². The van der Waals surface area contributed by atoms with Gasteiger partial charge in [0.2, 0.25) is 5.95 Å². The average molecular weight is 489 g/mol. The predicted octanol–water partition coefficient (Wildman–Crippen LogP) is 4.86. The van der Waals surface area contributed by atoms with Gasteiger partial charge in [0.05, 0.1) is 11.7 Å². The Bertz CT molecular complexity index is 1200. The molecule has 0 fully saturated rings. The van der Waals surface area contributed by atoms with Gasteiger partial charge in [0.15, 0.2) is 5.82 Å². The third-order valence-corrected chi connectivity index (χ3v) is 4.03. The molecular weight excluding hydrogens is 475 g/mol. The van der Waals surface area contributed by atoms with E-state index in [-0.39, 0.29) is 11.1 Å². The fourth-order valence-corrected chi connectivity index (χ4v) is 2.64. The van der Waals surface area contributed by atoms with Crippen LogP contribution >= 0.6 is 0 Å². The second-order valence-corrected chi connectivity index (χ2v) is 7.03. The first-order valence-corrected chi connectivity index (χ1v) is 9.37. The van der Waals surface area contributed by atoms with Crippen molar-refractivity contribution in [2.45, 2.75) is 32.3 Å². The second kappa shape index (κ2) is 9.19. The fourth-order valence-electron chi connectivity index (χ4n) is 2.64. The number of esters is 1. The minimum Gasteiger partial charge on any atom is -0.459 e. The molecule has 3 aromatic rings. The minimum atomic E-state index is -5.16. The molecule has 7 nitrogen and oxygen atoms in total. The minimum absolute atomic E-state index is 0.0397. The molecule has 0 unspecified atom stereocenters. The van der Waals surface area contributed by atoms with Crippen molar-refractivity contribution < 1.29 is 40.3 Å². The van der Waals surface area contributed by atoms with Crippen molar-refractivity contribution in [1.29, 1.82) is 0 Å². The quantitative estimate of drug-likeness (QED) is 0.220. The maximum atomic E-state index is 13.6. The molecule has 0 bridgehead atoms. The molecule has 0 spiro atoms. The molecular formula is C20H14F7N5O2. The summed E-state index contributed by atoms with van der Waals surface area (Å²) >= 11 is 0. The highest BCUT2D eigenvalue weighted by atomic mass is 19.4. The largest absolute Gasteiger partial charge is 0.459 e. The molecule has 0 atom stereocenters. The molecule has 0 aromatic carbocycles. The van der Waals surface area contributed by atoms with Gasteiger partial charge in [0.1, 0.15) is 17.7 Å². The number of ether oxygens (including phenoxy) is 1. The van der Waals surface area contributed by atoms with Gasteiger partial charge in [-0.3, -0.25) is 0 Å². The van der Waals surface area contributed by atoms with Crippen molar-refractivity contribution in [1.82, 2.24) is 24.7 Å². The van der Waals surface area contributed by atoms with Gasteiger partial charge in [-0.1, -0.05) is 0 Å². The summed E-state index contributed by atoms with van der Waals surface area (Å²) in [7, 11) is 0. The zero-order valence-corrected chi connectivity index (χ0v) is 17.3. The smallest absolute Gasteiger partial charge is 0.433 e. The Morgan fingerprint density at radius 2 is 1.65 bits per heavy atom. The number of carbonyl (C=O) groups is 1. The van der Waals surface area contributed by atoms with Gasteiger partial charge in [0.25, 0.3) is 0 Å². The highest BCUT2D eigenvalue weighted by Crippen LogP contribution is 2.35. The van der Waals surface area contributed by atoms with Crippen molar-refractivity contribution in [3.05, 3.63) is 59.7 Å². The summed E-state index contributed by atoms with van der Waals surface area (Å²) in [5.74, 6) is -2.30. The molecule has 0 saturated carbocycles. The van der Waals surface area contributed by atoms with Crippen molar-refractivity contribution in [3.63, 3.8) is 0 Å². The Hall–Kier alpha value is -3.84. The summed E-state index contributed by atoms with van der Waals surface area (Å²) in [5, 5.41) is 3.83. The highest BCUT2D eigenvalue weighted by Gasteiger charge is 2.39. The Morgan fingerprint density at radius 3 is 2.18 bits per heavy atom. The molecule has 180 valence electrons. The summed E-state index contributed by atoms with van der Waals surface area (Å²) in [6, 6.07) is 2.96. The third-order valence-electron chi connectivity index (χ3n) is 4.03. The zero-order valence-electron chi connectivity index (χ0n) is 17.3. The first kappa shape index (κ1) is 24.8. The van der Waals surface area contributed by atoms with E-state index in [1.165, 1.54) is 6.07 Å². The molecule has 34 heavy (non-hydrogen) atoms. The number of nitrogens with zero attached hydrogens (tertiary/aromatic N) is 5. The first-order valence-electron chi connectivity index (χ1n) is 9.37. The van der Waals surface area contributed by atoms with Crippen LogP contribution in [0.2, 0.25) is 0 Å². The van der Waals surface area contributed by atoms with E-state index in [2.05, 4.69) is 20.1 Å². The molecule has 3 aromatic heterocycles. The van der Waals surface area contributed by atoms with Crippen molar-refractivity contribution >= 4 is 17.7 Å². The highest BCUT2D eigenvalue weighted by molar-refractivity contribution is 6.20. The van der Waals surface area contributed by atoms with Gasteiger partial charge in [-0.15, -0.1) is 5.10 Å². The number of carbonyl (C=O) groups excluding carboxylic acids is 1. The van der Waals surface area contributed by atoms with Crippen LogP contribution in [0.15, 0.2) is 36.8 Å². The Kier molecular flexibility index (Phi) is 6.70. The van der Waals surface area contributed by atoms with Gasteiger partial charge >= 0.3 is 18.3 Å². The van der Waals surface area contributed by atoms with E-state index in [0.29, 0.717) is 12.1 Å². The molecule has 0 radical (unpaired) electrons. The van der Waals surface area contributed by atoms with E-state index in [1.54, 1.807) is 13.8 Å². The summed E-state index contributed by atoms with van der Waals surface area (Å²) < 4.78 is 98.0. The van der Waals surface area contributed by atoms with Crippen LogP contribution in [0.3, 0.4) is 0 Å². The molecule has 3 rings (SSSR count). The number of hydrogen-bond acceptors (Lipinski definition) is 6. The number of aromatic nitrogens is 5. The van der Waals surface area contributed by atoms with Crippen LogP contribution < -0.4 is 0 Å². The van der Waals surface area contributed by atoms with Crippen molar-refractivity contribution in [2.75, 3.05) is 0 Å². The Morgan fingerprint density at radius 1 is 1.03 bits per heavy atom. The van der Waals surface area contributed by atoms with Gasteiger partial charge in [0, 0.05) is 24.0 Å².